The van der Waals surface area contributed by atoms with Crippen LogP contribution in [0.25, 0.3) is 11.1 Å². The molecule has 0 radical (unpaired) electrons. The molecule has 2 rings (SSSR count). The molecule has 1 aromatic carbocycles. The number of oxazole rings is 1. The van der Waals surface area contributed by atoms with E-state index in [0.29, 0.717) is 29.3 Å². The van der Waals surface area contributed by atoms with Gasteiger partial charge in [0.05, 0.1) is 6.54 Å². The number of hydrogen-bond acceptors (Lipinski definition) is 6. The first kappa shape index (κ1) is 11.1. The van der Waals surface area contributed by atoms with Crippen molar-refractivity contribution in [2.75, 3.05) is 24.2 Å². The number of ether oxygens (including phenoxy) is 1. The third-order valence-corrected chi connectivity index (χ3v) is 2.03. The van der Waals surface area contributed by atoms with Crippen molar-refractivity contribution in [3.05, 3.63) is 18.2 Å². The molecule has 90 valence electrons. The average Bonchev–Trinajstić information content (AvgIpc) is 2.66. The van der Waals surface area contributed by atoms with Gasteiger partial charge in [0.25, 0.3) is 6.01 Å². The SMILES string of the molecule is NC(=O)OCCNc1nc2cc(N)ccc2o1. The van der Waals surface area contributed by atoms with E-state index in [9.17, 15) is 4.79 Å². The van der Waals surface area contributed by atoms with Gasteiger partial charge in [-0.05, 0) is 18.2 Å². The minimum atomic E-state index is -0.808. The van der Waals surface area contributed by atoms with E-state index < -0.39 is 6.09 Å². The largest absolute Gasteiger partial charge is 0.448 e. The molecule has 0 fully saturated rings. The summed E-state index contributed by atoms with van der Waals surface area (Å²) >= 11 is 0. The van der Waals surface area contributed by atoms with Gasteiger partial charge in [0.15, 0.2) is 5.58 Å². The highest BCUT2D eigenvalue weighted by atomic mass is 16.5. The minimum Gasteiger partial charge on any atom is -0.448 e. The van der Waals surface area contributed by atoms with E-state index in [1.54, 1.807) is 18.2 Å². The highest BCUT2D eigenvalue weighted by Gasteiger charge is 2.05. The smallest absolute Gasteiger partial charge is 0.404 e. The zero-order valence-electron chi connectivity index (χ0n) is 8.97. The second-order valence-electron chi connectivity index (χ2n) is 3.34. The Labute approximate surface area is 96.7 Å². The summed E-state index contributed by atoms with van der Waals surface area (Å²) in [6, 6.07) is 5.53. The maximum atomic E-state index is 10.3. The number of nitrogens with two attached hydrogens (primary N) is 2. The summed E-state index contributed by atoms with van der Waals surface area (Å²) in [5.41, 5.74) is 12.3. The summed E-state index contributed by atoms with van der Waals surface area (Å²) in [6.45, 7) is 0.515. The Kier molecular flexibility index (Phi) is 2.99. The molecular formula is C10H12N4O3. The average molecular weight is 236 g/mol. The summed E-state index contributed by atoms with van der Waals surface area (Å²) in [7, 11) is 0. The van der Waals surface area contributed by atoms with Gasteiger partial charge in [-0.25, -0.2) is 4.79 Å². The van der Waals surface area contributed by atoms with Crippen molar-refractivity contribution in [2.45, 2.75) is 0 Å². The van der Waals surface area contributed by atoms with Gasteiger partial charge in [0.2, 0.25) is 0 Å². The molecule has 0 unspecified atom stereocenters. The van der Waals surface area contributed by atoms with Gasteiger partial charge in [-0.3, -0.25) is 0 Å². The fourth-order valence-corrected chi connectivity index (χ4v) is 1.33. The Balaban J connectivity index is 1.97. The molecule has 17 heavy (non-hydrogen) atoms. The normalized spacial score (nSPS) is 10.4. The quantitative estimate of drug-likeness (QED) is 0.536. The predicted molar refractivity (Wildman–Crippen MR) is 62.4 cm³/mol. The van der Waals surface area contributed by atoms with Crippen molar-refractivity contribution in [2.24, 2.45) is 5.73 Å². The minimum absolute atomic E-state index is 0.149. The maximum absolute atomic E-state index is 10.3. The van der Waals surface area contributed by atoms with Crippen LogP contribution in [0.4, 0.5) is 16.5 Å². The van der Waals surface area contributed by atoms with E-state index in [2.05, 4.69) is 15.0 Å². The number of nitrogens with one attached hydrogen (secondary N) is 1. The highest BCUT2D eigenvalue weighted by Crippen LogP contribution is 2.20. The molecule has 0 bridgehead atoms. The topological polar surface area (TPSA) is 116 Å². The molecule has 0 spiro atoms. The van der Waals surface area contributed by atoms with E-state index in [1.165, 1.54) is 0 Å². The summed E-state index contributed by atoms with van der Waals surface area (Å²) < 4.78 is 9.92. The number of nitrogen functional groups attached to an aromatic ring is 1. The zero-order chi connectivity index (χ0) is 12.3. The van der Waals surface area contributed by atoms with Crippen molar-refractivity contribution >= 4 is 28.9 Å². The van der Waals surface area contributed by atoms with E-state index in [0.717, 1.165) is 0 Å². The Morgan fingerprint density at radius 1 is 1.53 bits per heavy atom. The summed E-state index contributed by atoms with van der Waals surface area (Å²) in [5.74, 6) is 0. The Bertz CT molecular complexity index is 537. The second-order valence-corrected chi connectivity index (χ2v) is 3.34. The number of nitrogens with zero attached hydrogens (tertiary/aromatic N) is 1. The van der Waals surface area contributed by atoms with Crippen LogP contribution in [0.5, 0.6) is 0 Å². The molecule has 1 heterocycles. The van der Waals surface area contributed by atoms with Crippen LogP contribution in [0.15, 0.2) is 22.6 Å². The van der Waals surface area contributed by atoms with Gasteiger partial charge in [-0.2, -0.15) is 4.98 Å². The van der Waals surface area contributed by atoms with Crippen LogP contribution in [-0.4, -0.2) is 24.2 Å². The number of primary amides is 1. The number of benzene rings is 1. The Morgan fingerprint density at radius 3 is 3.12 bits per heavy atom. The monoisotopic (exact) mass is 236 g/mol. The molecule has 0 aliphatic rings. The summed E-state index contributed by atoms with van der Waals surface area (Å²) in [5, 5.41) is 2.86. The van der Waals surface area contributed by atoms with Crippen LogP contribution in [0.1, 0.15) is 0 Å². The van der Waals surface area contributed by atoms with Crippen molar-refractivity contribution in [1.82, 2.24) is 4.98 Å². The van der Waals surface area contributed by atoms with E-state index in [-0.39, 0.29) is 6.61 Å². The number of amides is 1. The van der Waals surface area contributed by atoms with Crippen LogP contribution in [0.2, 0.25) is 0 Å². The van der Waals surface area contributed by atoms with Crippen LogP contribution < -0.4 is 16.8 Å². The van der Waals surface area contributed by atoms with Crippen molar-refractivity contribution in [1.29, 1.82) is 0 Å². The predicted octanol–water partition coefficient (Wildman–Crippen LogP) is 0.917. The Morgan fingerprint density at radius 2 is 2.35 bits per heavy atom. The number of hydrogen-bond donors (Lipinski definition) is 3. The molecular weight excluding hydrogens is 224 g/mol. The molecule has 1 aromatic heterocycles. The number of carbonyl (C=O) groups is 1. The molecule has 2 aromatic rings. The molecule has 7 heteroatoms. The van der Waals surface area contributed by atoms with E-state index in [1.807, 2.05) is 0 Å². The van der Waals surface area contributed by atoms with Crippen molar-refractivity contribution in [3.8, 4) is 0 Å². The van der Waals surface area contributed by atoms with Crippen molar-refractivity contribution in [3.63, 3.8) is 0 Å². The number of anilines is 2. The third kappa shape index (κ3) is 2.77. The van der Waals surface area contributed by atoms with Gasteiger partial charge in [-0.1, -0.05) is 0 Å². The highest BCUT2D eigenvalue weighted by molar-refractivity contribution is 5.78. The van der Waals surface area contributed by atoms with Crippen LogP contribution >= 0.6 is 0 Å². The third-order valence-electron chi connectivity index (χ3n) is 2.03. The molecule has 5 N–H and O–H groups in total. The molecule has 0 aliphatic carbocycles. The lowest BCUT2D eigenvalue weighted by molar-refractivity contribution is 0.161. The Hall–Kier alpha value is -2.44. The first-order valence-electron chi connectivity index (χ1n) is 4.97. The zero-order valence-corrected chi connectivity index (χ0v) is 8.97. The molecule has 0 saturated heterocycles. The second kappa shape index (κ2) is 4.60. The first-order valence-corrected chi connectivity index (χ1v) is 4.97. The lowest BCUT2D eigenvalue weighted by atomic mass is 10.3. The lowest BCUT2D eigenvalue weighted by Gasteiger charge is -2.00. The summed E-state index contributed by atoms with van der Waals surface area (Å²) in [6.07, 6.45) is -0.808. The maximum Gasteiger partial charge on any atom is 0.404 e. The van der Waals surface area contributed by atoms with Crippen LogP contribution in [-0.2, 0) is 4.74 Å². The van der Waals surface area contributed by atoms with E-state index >= 15 is 0 Å². The van der Waals surface area contributed by atoms with Gasteiger partial charge >= 0.3 is 6.09 Å². The molecule has 1 amide bonds. The molecule has 0 saturated carbocycles. The molecule has 0 aliphatic heterocycles. The standard InChI is InChI=1S/C10H12N4O3/c11-6-1-2-8-7(5-6)14-10(17-8)13-3-4-16-9(12)15/h1-2,5H,3-4,11H2,(H2,12,15)(H,13,14). The fraction of sp³-hybridized carbons (Fsp3) is 0.200. The first-order chi connectivity index (χ1) is 8.15. The lowest BCUT2D eigenvalue weighted by Crippen LogP contribution is -2.18. The number of fused-ring (bicyclic) bond motifs is 1. The molecule has 7 nitrogen and oxygen atoms in total. The van der Waals surface area contributed by atoms with Gasteiger partial charge in [0.1, 0.15) is 12.1 Å². The summed E-state index contributed by atoms with van der Waals surface area (Å²) in [4.78, 5) is 14.5. The number of rotatable bonds is 4. The number of carbonyl (C=O) groups excluding carboxylic acids is 1. The van der Waals surface area contributed by atoms with Crippen molar-refractivity contribution < 1.29 is 13.9 Å². The van der Waals surface area contributed by atoms with Gasteiger partial charge in [-0.15, -0.1) is 0 Å². The molecule has 0 atom stereocenters. The van der Waals surface area contributed by atoms with Gasteiger partial charge < -0.3 is 25.9 Å². The van der Waals surface area contributed by atoms with Crippen LogP contribution in [0, 0.1) is 0 Å². The number of aromatic nitrogens is 1. The van der Waals surface area contributed by atoms with Gasteiger partial charge in [0, 0.05) is 5.69 Å². The van der Waals surface area contributed by atoms with E-state index in [4.69, 9.17) is 15.9 Å². The fourth-order valence-electron chi connectivity index (χ4n) is 1.33. The van der Waals surface area contributed by atoms with Crippen LogP contribution in [0.3, 0.4) is 0 Å².